The van der Waals surface area contributed by atoms with Gasteiger partial charge in [0.15, 0.2) is 6.10 Å². The Balaban J connectivity index is 1.86. The van der Waals surface area contributed by atoms with Gasteiger partial charge in [-0.15, -0.1) is 0 Å². The van der Waals surface area contributed by atoms with E-state index in [-0.39, 0.29) is 19.7 Å². The van der Waals surface area contributed by atoms with E-state index in [1.807, 2.05) is 0 Å². The molecule has 0 saturated carbocycles. The van der Waals surface area contributed by atoms with E-state index in [1.165, 1.54) is 0 Å². The topological polar surface area (TPSA) is 50.8 Å². The molecular formula is C14H17F3N2O3. The number of alkyl halides is 3. The van der Waals surface area contributed by atoms with Crippen LogP contribution in [0.2, 0.25) is 0 Å². The molecule has 1 aliphatic rings. The third kappa shape index (κ3) is 4.27. The van der Waals surface area contributed by atoms with Gasteiger partial charge in [0, 0.05) is 13.1 Å². The molecule has 1 aromatic carbocycles. The van der Waals surface area contributed by atoms with Gasteiger partial charge in [0.2, 0.25) is 0 Å². The van der Waals surface area contributed by atoms with Gasteiger partial charge in [-0.3, -0.25) is 0 Å². The van der Waals surface area contributed by atoms with Crippen LogP contribution in [0.15, 0.2) is 24.3 Å². The summed E-state index contributed by atoms with van der Waals surface area (Å²) in [4.78, 5) is 13.1. The minimum absolute atomic E-state index is 0.125. The summed E-state index contributed by atoms with van der Waals surface area (Å²) < 4.78 is 47.5. The molecule has 1 heterocycles. The van der Waals surface area contributed by atoms with Crippen LogP contribution in [0.25, 0.3) is 0 Å². The first kappa shape index (κ1) is 16.4. The molecule has 1 atom stereocenters. The number of carbonyl (C=O) groups is 1. The normalized spacial score (nSPS) is 18.9. The molecule has 1 N–H and O–H groups in total. The lowest BCUT2D eigenvalue weighted by atomic mass is 10.2. The van der Waals surface area contributed by atoms with Crippen LogP contribution in [0.1, 0.15) is 5.56 Å². The van der Waals surface area contributed by atoms with E-state index in [9.17, 15) is 18.0 Å². The van der Waals surface area contributed by atoms with E-state index < -0.39 is 24.9 Å². The van der Waals surface area contributed by atoms with Gasteiger partial charge in [-0.25, -0.2) is 4.79 Å². The van der Waals surface area contributed by atoms with E-state index in [4.69, 9.17) is 4.74 Å². The van der Waals surface area contributed by atoms with Gasteiger partial charge in [0.1, 0.15) is 5.75 Å². The van der Waals surface area contributed by atoms with Crippen LogP contribution in [-0.4, -0.2) is 50.0 Å². The largest absolute Gasteiger partial charge is 0.497 e. The number of hydrogen-bond acceptors (Lipinski definition) is 3. The van der Waals surface area contributed by atoms with Gasteiger partial charge in [-0.2, -0.15) is 13.2 Å². The third-order valence-electron chi connectivity index (χ3n) is 3.32. The smallest absolute Gasteiger partial charge is 0.416 e. The Morgan fingerprint density at radius 2 is 2.09 bits per heavy atom. The number of benzene rings is 1. The van der Waals surface area contributed by atoms with Crippen LogP contribution in [0.3, 0.4) is 0 Å². The summed E-state index contributed by atoms with van der Waals surface area (Å²) in [6, 6.07) is 6.51. The van der Waals surface area contributed by atoms with Gasteiger partial charge >= 0.3 is 12.2 Å². The average Bonchev–Trinajstić information content (AvgIpc) is 2.52. The first-order chi connectivity index (χ1) is 10.4. The first-order valence-electron chi connectivity index (χ1n) is 6.74. The highest BCUT2D eigenvalue weighted by Crippen LogP contribution is 2.25. The number of nitrogens with one attached hydrogen (secondary N) is 1. The van der Waals surface area contributed by atoms with Crippen molar-refractivity contribution in [2.24, 2.45) is 0 Å². The highest BCUT2D eigenvalue weighted by Gasteiger charge is 2.44. The molecule has 2 rings (SSSR count). The molecule has 0 unspecified atom stereocenters. The fraction of sp³-hybridized carbons (Fsp3) is 0.500. The SMILES string of the molecule is COc1ccc(CNC(=O)N2CCO[C@@H](C(F)(F)F)C2)cc1. The number of morpholine rings is 1. The Morgan fingerprint density at radius 1 is 1.41 bits per heavy atom. The fourth-order valence-corrected chi connectivity index (χ4v) is 2.06. The molecule has 2 amide bonds. The minimum atomic E-state index is -4.46. The predicted octanol–water partition coefficient (Wildman–Crippen LogP) is 2.17. The van der Waals surface area contributed by atoms with Crippen molar-refractivity contribution in [3.05, 3.63) is 29.8 Å². The van der Waals surface area contributed by atoms with Crippen LogP contribution in [0.5, 0.6) is 5.75 Å². The molecule has 1 fully saturated rings. The summed E-state index contributed by atoms with van der Waals surface area (Å²) in [6.07, 6.45) is -6.39. The molecule has 0 aromatic heterocycles. The second kappa shape index (κ2) is 6.87. The predicted molar refractivity (Wildman–Crippen MR) is 72.6 cm³/mol. The van der Waals surface area contributed by atoms with Crippen molar-refractivity contribution >= 4 is 6.03 Å². The van der Waals surface area contributed by atoms with Crippen molar-refractivity contribution in [2.75, 3.05) is 26.8 Å². The van der Waals surface area contributed by atoms with Crippen LogP contribution < -0.4 is 10.1 Å². The number of amides is 2. The summed E-state index contributed by atoms with van der Waals surface area (Å²) in [7, 11) is 1.55. The molecule has 122 valence electrons. The summed E-state index contributed by atoms with van der Waals surface area (Å²) in [5, 5.41) is 2.60. The average molecular weight is 318 g/mol. The van der Waals surface area contributed by atoms with Gasteiger partial charge in [-0.1, -0.05) is 12.1 Å². The lowest BCUT2D eigenvalue weighted by molar-refractivity contribution is -0.233. The third-order valence-corrected chi connectivity index (χ3v) is 3.32. The maximum Gasteiger partial charge on any atom is 0.416 e. The minimum Gasteiger partial charge on any atom is -0.497 e. The number of nitrogens with zero attached hydrogens (tertiary/aromatic N) is 1. The number of ether oxygens (including phenoxy) is 2. The van der Waals surface area contributed by atoms with Crippen LogP contribution in [-0.2, 0) is 11.3 Å². The molecule has 1 saturated heterocycles. The number of halogens is 3. The quantitative estimate of drug-likeness (QED) is 0.929. The van der Waals surface area contributed by atoms with Crippen molar-refractivity contribution < 1.29 is 27.4 Å². The Kier molecular flexibility index (Phi) is 5.12. The molecule has 5 nitrogen and oxygen atoms in total. The van der Waals surface area contributed by atoms with Crippen molar-refractivity contribution in [1.29, 1.82) is 0 Å². The van der Waals surface area contributed by atoms with Crippen molar-refractivity contribution in [2.45, 2.75) is 18.8 Å². The summed E-state index contributed by atoms with van der Waals surface area (Å²) in [5.41, 5.74) is 0.829. The molecule has 1 aromatic rings. The molecule has 8 heteroatoms. The number of carbonyl (C=O) groups excluding carboxylic acids is 1. The van der Waals surface area contributed by atoms with Crippen molar-refractivity contribution in [1.82, 2.24) is 10.2 Å². The summed E-state index contributed by atoms with van der Waals surface area (Å²) >= 11 is 0. The number of rotatable bonds is 3. The zero-order valence-corrected chi connectivity index (χ0v) is 12.0. The van der Waals surface area contributed by atoms with Crippen LogP contribution in [0.4, 0.5) is 18.0 Å². The van der Waals surface area contributed by atoms with Crippen LogP contribution in [0, 0.1) is 0 Å². The molecule has 0 bridgehead atoms. The lowest BCUT2D eigenvalue weighted by Gasteiger charge is -2.33. The Morgan fingerprint density at radius 3 is 2.68 bits per heavy atom. The van der Waals surface area contributed by atoms with Crippen LogP contribution >= 0.6 is 0 Å². The molecule has 0 spiro atoms. The Hall–Kier alpha value is -1.96. The van der Waals surface area contributed by atoms with Gasteiger partial charge in [0.05, 0.1) is 20.3 Å². The van der Waals surface area contributed by atoms with E-state index in [0.717, 1.165) is 10.5 Å². The fourth-order valence-electron chi connectivity index (χ4n) is 2.06. The van der Waals surface area contributed by atoms with Crippen molar-refractivity contribution in [3.63, 3.8) is 0 Å². The standard InChI is InChI=1S/C14H17F3N2O3/c1-21-11-4-2-10(3-5-11)8-18-13(20)19-6-7-22-12(9-19)14(15,16)17/h2-5,12H,6-9H2,1H3,(H,18,20)/t12-/m1/s1. The Bertz CT molecular complexity index is 505. The zero-order valence-electron chi connectivity index (χ0n) is 12.0. The highest BCUT2D eigenvalue weighted by molar-refractivity contribution is 5.74. The maximum absolute atomic E-state index is 12.6. The maximum atomic E-state index is 12.6. The van der Waals surface area contributed by atoms with E-state index in [2.05, 4.69) is 10.1 Å². The molecule has 1 aliphatic heterocycles. The molecule has 22 heavy (non-hydrogen) atoms. The van der Waals surface area contributed by atoms with Gasteiger partial charge in [-0.05, 0) is 17.7 Å². The summed E-state index contributed by atoms with van der Waals surface area (Å²) in [5.74, 6) is 0.691. The van der Waals surface area contributed by atoms with E-state index in [0.29, 0.717) is 5.75 Å². The summed E-state index contributed by atoms with van der Waals surface area (Å²) in [6.45, 7) is -0.240. The Labute approximate surface area is 126 Å². The second-order valence-electron chi connectivity index (χ2n) is 4.85. The van der Waals surface area contributed by atoms with Crippen molar-refractivity contribution in [3.8, 4) is 5.75 Å². The first-order valence-corrected chi connectivity index (χ1v) is 6.74. The molecule has 0 radical (unpaired) electrons. The number of methoxy groups -OCH3 is 1. The number of hydrogen-bond donors (Lipinski definition) is 1. The van der Waals surface area contributed by atoms with Gasteiger partial charge in [0.25, 0.3) is 0 Å². The second-order valence-corrected chi connectivity index (χ2v) is 4.85. The molecule has 0 aliphatic carbocycles. The van der Waals surface area contributed by atoms with Gasteiger partial charge < -0.3 is 19.7 Å². The lowest BCUT2D eigenvalue weighted by Crippen LogP contribution is -2.53. The highest BCUT2D eigenvalue weighted by atomic mass is 19.4. The van der Waals surface area contributed by atoms with E-state index >= 15 is 0 Å². The number of urea groups is 1. The van der Waals surface area contributed by atoms with E-state index in [1.54, 1.807) is 31.4 Å². The molecular weight excluding hydrogens is 301 g/mol. The monoisotopic (exact) mass is 318 g/mol. The zero-order chi connectivity index (χ0) is 16.2.